The fraction of sp³-hybridized carbons (Fsp3) is 0.474. The van der Waals surface area contributed by atoms with Crippen molar-refractivity contribution in [3.63, 3.8) is 0 Å². The van der Waals surface area contributed by atoms with Crippen LogP contribution < -0.4 is 0 Å². The summed E-state index contributed by atoms with van der Waals surface area (Å²) in [5.74, 6) is 0.645. The van der Waals surface area contributed by atoms with Crippen LogP contribution in [0.5, 0.6) is 0 Å². The Labute approximate surface area is 157 Å². The summed E-state index contributed by atoms with van der Waals surface area (Å²) in [5, 5.41) is 19.6. The number of aromatic nitrogens is 2. The third kappa shape index (κ3) is 3.79. The second-order valence-electron chi connectivity index (χ2n) is 6.60. The lowest BCUT2D eigenvalue weighted by atomic mass is 9.97. The SMILES string of the molecule is CSC(C)C(=O)N1CCCC(O)C1c1ncc(-c2ccc(CO)cc2)[nH]1. The van der Waals surface area contributed by atoms with Crippen LogP contribution in [-0.2, 0) is 11.4 Å². The Kier molecular flexibility index (Phi) is 6.01. The number of hydrogen-bond acceptors (Lipinski definition) is 5. The standard InChI is InChI=1S/C19H25N3O3S/c1-12(26-2)19(25)22-9-3-4-16(24)17(22)18-20-10-15(21-18)14-7-5-13(11-23)6-8-14/h5-8,10,12,16-17,23-24H,3-4,9,11H2,1-2H3,(H,20,21). The fourth-order valence-corrected chi connectivity index (χ4v) is 3.65. The van der Waals surface area contributed by atoms with Gasteiger partial charge in [-0.3, -0.25) is 4.79 Å². The van der Waals surface area contributed by atoms with Crippen molar-refractivity contribution in [3.05, 3.63) is 41.9 Å². The number of thioether (sulfide) groups is 1. The molecule has 3 unspecified atom stereocenters. The zero-order valence-corrected chi connectivity index (χ0v) is 15.9. The largest absolute Gasteiger partial charge is 0.392 e. The van der Waals surface area contributed by atoms with Crippen LogP contribution in [0.1, 0.15) is 37.2 Å². The van der Waals surface area contributed by atoms with E-state index < -0.39 is 12.1 Å². The number of piperidine rings is 1. The van der Waals surface area contributed by atoms with Crippen LogP contribution in [0.3, 0.4) is 0 Å². The minimum Gasteiger partial charge on any atom is -0.392 e. The summed E-state index contributed by atoms with van der Waals surface area (Å²) in [7, 11) is 0. The molecule has 2 aromatic rings. The molecule has 1 aromatic heterocycles. The van der Waals surface area contributed by atoms with E-state index in [4.69, 9.17) is 5.11 Å². The summed E-state index contributed by atoms with van der Waals surface area (Å²) >= 11 is 1.51. The number of aliphatic hydroxyl groups is 2. The van der Waals surface area contributed by atoms with Gasteiger partial charge in [-0.2, -0.15) is 11.8 Å². The van der Waals surface area contributed by atoms with Crippen LogP contribution >= 0.6 is 11.8 Å². The summed E-state index contributed by atoms with van der Waals surface area (Å²) < 4.78 is 0. The van der Waals surface area contributed by atoms with E-state index in [1.54, 1.807) is 11.1 Å². The first-order valence-electron chi connectivity index (χ1n) is 8.81. The van der Waals surface area contributed by atoms with Crippen LogP contribution in [0.25, 0.3) is 11.3 Å². The second-order valence-corrected chi connectivity index (χ2v) is 7.78. The second kappa shape index (κ2) is 8.24. The summed E-state index contributed by atoms with van der Waals surface area (Å²) in [6.45, 7) is 2.53. The number of nitrogens with zero attached hydrogens (tertiary/aromatic N) is 2. The van der Waals surface area contributed by atoms with Gasteiger partial charge in [0.1, 0.15) is 11.9 Å². The highest BCUT2D eigenvalue weighted by Gasteiger charge is 2.37. The van der Waals surface area contributed by atoms with Gasteiger partial charge in [0.2, 0.25) is 5.91 Å². The van der Waals surface area contributed by atoms with Crippen molar-refractivity contribution < 1.29 is 15.0 Å². The molecule has 3 N–H and O–H groups in total. The molecule has 3 atom stereocenters. The van der Waals surface area contributed by atoms with Gasteiger partial charge in [-0.05, 0) is 37.1 Å². The number of benzene rings is 1. The Bertz CT molecular complexity index is 747. The third-order valence-electron chi connectivity index (χ3n) is 4.91. The molecule has 1 aromatic carbocycles. The summed E-state index contributed by atoms with van der Waals surface area (Å²) in [5.41, 5.74) is 2.62. The number of carbonyl (C=O) groups excluding carboxylic acids is 1. The van der Waals surface area contributed by atoms with Gasteiger partial charge in [0.15, 0.2) is 0 Å². The number of imidazole rings is 1. The van der Waals surface area contributed by atoms with E-state index in [0.717, 1.165) is 23.2 Å². The third-order valence-corrected chi connectivity index (χ3v) is 5.82. The highest BCUT2D eigenvalue weighted by Crippen LogP contribution is 2.32. The number of nitrogens with one attached hydrogen (secondary N) is 1. The Hall–Kier alpha value is -1.83. The van der Waals surface area contributed by atoms with E-state index in [1.165, 1.54) is 11.8 Å². The molecule has 1 fully saturated rings. The minimum atomic E-state index is -0.627. The van der Waals surface area contributed by atoms with E-state index >= 15 is 0 Å². The van der Waals surface area contributed by atoms with Crippen molar-refractivity contribution >= 4 is 17.7 Å². The molecular weight excluding hydrogens is 350 g/mol. The molecule has 1 aliphatic rings. The Morgan fingerprint density at radius 3 is 2.81 bits per heavy atom. The van der Waals surface area contributed by atoms with E-state index in [-0.39, 0.29) is 17.8 Å². The molecule has 26 heavy (non-hydrogen) atoms. The first-order valence-corrected chi connectivity index (χ1v) is 10.1. The lowest BCUT2D eigenvalue weighted by Gasteiger charge is -2.39. The zero-order valence-electron chi connectivity index (χ0n) is 15.1. The van der Waals surface area contributed by atoms with E-state index in [0.29, 0.717) is 18.8 Å². The average molecular weight is 375 g/mol. The molecule has 6 nitrogen and oxygen atoms in total. The van der Waals surface area contributed by atoms with Gasteiger partial charge in [-0.1, -0.05) is 24.3 Å². The molecule has 2 heterocycles. The van der Waals surface area contributed by atoms with E-state index in [9.17, 15) is 9.90 Å². The molecule has 0 aliphatic carbocycles. The van der Waals surface area contributed by atoms with Crippen molar-refractivity contribution in [1.29, 1.82) is 0 Å². The number of amides is 1. The first-order chi connectivity index (χ1) is 12.5. The minimum absolute atomic E-state index is 0.00741. The number of H-pyrrole nitrogens is 1. The van der Waals surface area contributed by atoms with Crippen molar-refractivity contribution in [1.82, 2.24) is 14.9 Å². The van der Waals surface area contributed by atoms with E-state index in [1.807, 2.05) is 37.4 Å². The number of hydrogen-bond donors (Lipinski definition) is 3. The number of aromatic amines is 1. The monoisotopic (exact) mass is 375 g/mol. The maximum atomic E-state index is 12.7. The average Bonchev–Trinajstić information content (AvgIpc) is 3.16. The highest BCUT2D eigenvalue weighted by molar-refractivity contribution is 7.99. The van der Waals surface area contributed by atoms with Gasteiger partial charge in [-0.15, -0.1) is 0 Å². The van der Waals surface area contributed by atoms with Crippen LogP contribution in [0, 0.1) is 0 Å². The molecule has 0 spiro atoms. The molecule has 1 saturated heterocycles. The van der Waals surface area contributed by atoms with Crippen molar-refractivity contribution in [3.8, 4) is 11.3 Å². The van der Waals surface area contributed by atoms with Gasteiger partial charge >= 0.3 is 0 Å². The van der Waals surface area contributed by atoms with Crippen LogP contribution in [0.4, 0.5) is 0 Å². The van der Waals surface area contributed by atoms with Crippen molar-refractivity contribution in [2.45, 2.75) is 43.8 Å². The fourth-order valence-electron chi connectivity index (χ4n) is 3.31. The maximum Gasteiger partial charge on any atom is 0.236 e. The van der Waals surface area contributed by atoms with Gasteiger partial charge in [0.25, 0.3) is 0 Å². The number of likely N-dealkylation sites (tertiary alicyclic amines) is 1. The van der Waals surface area contributed by atoms with Crippen molar-refractivity contribution in [2.75, 3.05) is 12.8 Å². The Morgan fingerprint density at radius 1 is 1.42 bits per heavy atom. The molecule has 0 saturated carbocycles. The topological polar surface area (TPSA) is 89.5 Å². The summed E-state index contributed by atoms with van der Waals surface area (Å²) in [6.07, 6.45) is 4.46. The number of aliphatic hydroxyl groups excluding tert-OH is 2. The Balaban J connectivity index is 1.87. The van der Waals surface area contributed by atoms with Crippen LogP contribution in [-0.4, -0.2) is 55.1 Å². The normalized spacial score (nSPS) is 21.6. The van der Waals surface area contributed by atoms with Gasteiger partial charge in [-0.25, -0.2) is 4.98 Å². The maximum absolute atomic E-state index is 12.7. The number of carbonyl (C=O) groups is 1. The molecule has 0 bridgehead atoms. The predicted molar refractivity (Wildman–Crippen MR) is 103 cm³/mol. The predicted octanol–water partition coefficient (Wildman–Crippen LogP) is 2.34. The van der Waals surface area contributed by atoms with Crippen LogP contribution in [0.15, 0.2) is 30.5 Å². The zero-order chi connectivity index (χ0) is 18.7. The van der Waals surface area contributed by atoms with E-state index in [2.05, 4.69) is 9.97 Å². The summed E-state index contributed by atoms with van der Waals surface area (Å²) in [6, 6.07) is 7.11. The van der Waals surface area contributed by atoms with Crippen molar-refractivity contribution in [2.24, 2.45) is 0 Å². The van der Waals surface area contributed by atoms with Gasteiger partial charge in [0, 0.05) is 6.54 Å². The lowest BCUT2D eigenvalue weighted by Crippen LogP contribution is -2.48. The smallest absolute Gasteiger partial charge is 0.236 e. The lowest BCUT2D eigenvalue weighted by molar-refractivity contribution is -0.138. The first kappa shape index (κ1) is 18.9. The quantitative estimate of drug-likeness (QED) is 0.746. The molecule has 1 amide bonds. The van der Waals surface area contributed by atoms with Crippen LogP contribution in [0.2, 0.25) is 0 Å². The molecule has 1 aliphatic heterocycles. The van der Waals surface area contributed by atoms with Gasteiger partial charge in [0.05, 0.1) is 29.9 Å². The summed E-state index contributed by atoms with van der Waals surface area (Å²) in [4.78, 5) is 22.2. The highest BCUT2D eigenvalue weighted by atomic mass is 32.2. The molecule has 3 rings (SSSR count). The Morgan fingerprint density at radius 2 is 2.15 bits per heavy atom. The van der Waals surface area contributed by atoms with Gasteiger partial charge < -0.3 is 20.1 Å². The molecule has 140 valence electrons. The number of rotatable bonds is 5. The molecule has 7 heteroatoms. The molecular formula is C19H25N3O3S. The molecule has 0 radical (unpaired) electrons.